The standard InChI is InChI=1S/C24H32N2O4S/c1-2-5-19-8-12-22(13-9-19)30-18-24(27)25-17-16-20-10-14-23(15-11-20)31(28,29)26-21-6-3-4-7-21/h8-15,21,26H,2-7,16-18H2,1H3,(H,25,27). The molecule has 6 nitrogen and oxygen atoms in total. The van der Waals surface area contributed by atoms with Gasteiger partial charge < -0.3 is 10.1 Å². The minimum Gasteiger partial charge on any atom is -0.484 e. The Balaban J connectivity index is 1.39. The molecular weight excluding hydrogens is 412 g/mol. The molecule has 7 heteroatoms. The first-order chi connectivity index (χ1) is 15.0. The number of nitrogens with one attached hydrogen (secondary N) is 2. The summed E-state index contributed by atoms with van der Waals surface area (Å²) in [6.07, 6.45) is 6.72. The molecule has 0 unspecified atom stereocenters. The maximum absolute atomic E-state index is 12.5. The van der Waals surface area contributed by atoms with Gasteiger partial charge in [0.2, 0.25) is 10.0 Å². The van der Waals surface area contributed by atoms with Crippen LogP contribution in [-0.2, 0) is 27.7 Å². The molecule has 0 radical (unpaired) electrons. The van der Waals surface area contributed by atoms with Crippen molar-refractivity contribution in [2.24, 2.45) is 0 Å². The molecule has 1 amide bonds. The Hall–Kier alpha value is -2.38. The van der Waals surface area contributed by atoms with Crippen LogP contribution in [-0.4, -0.2) is 33.5 Å². The highest BCUT2D eigenvalue weighted by molar-refractivity contribution is 7.89. The molecular formula is C24H32N2O4S. The molecule has 168 valence electrons. The van der Waals surface area contributed by atoms with E-state index in [4.69, 9.17) is 4.74 Å². The molecule has 0 aromatic heterocycles. The number of sulfonamides is 1. The molecule has 0 aliphatic heterocycles. The maximum atomic E-state index is 12.5. The highest BCUT2D eigenvalue weighted by atomic mass is 32.2. The summed E-state index contributed by atoms with van der Waals surface area (Å²) < 4.78 is 33.2. The van der Waals surface area contributed by atoms with Crippen LogP contribution in [0.5, 0.6) is 5.75 Å². The van der Waals surface area contributed by atoms with Gasteiger partial charge in [-0.1, -0.05) is 50.5 Å². The fraction of sp³-hybridized carbons (Fsp3) is 0.458. The van der Waals surface area contributed by atoms with E-state index < -0.39 is 10.0 Å². The van der Waals surface area contributed by atoms with Gasteiger partial charge in [0.05, 0.1) is 4.90 Å². The number of rotatable bonds is 11. The van der Waals surface area contributed by atoms with E-state index >= 15 is 0 Å². The molecule has 1 saturated carbocycles. The molecule has 3 rings (SSSR count). The zero-order valence-corrected chi connectivity index (χ0v) is 18.9. The van der Waals surface area contributed by atoms with E-state index in [1.54, 1.807) is 24.3 Å². The fourth-order valence-corrected chi connectivity index (χ4v) is 5.06. The zero-order chi connectivity index (χ0) is 22.1. The molecule has 1 fully saturated rings. The van der Waals surface area contributed by atoms with Gasteiger partial charge in [0.1, 0.15) is 5.75 Å². The van der Waals surface area contributed by atoms with Crippen LogP contribution < -0.4 is 14.8 Å². The second-order valence-electron chi connectivity index (χ2n) is 8.03. The molecule has 1 aliphatic carbocycles. The number of ether oxygens (including phenoxy) is 1. The second-order valence-corrected chi connectivity index (χ2v) is 9.74. The maximum Gasteiger partial charge on any atom is 0.257 e. The number of carbonyl (C=O) groups is 1. The number of carbonyl (C=O) groups excluding carboxylic acids is 1. The van der Waals surface area contributed by atoms with Crippen molar-refractivity contribution in [3.63, 3.8) is 0 Å². The zero-order valence-electron chi connectivity index (χ0n) is 18.1. The summed E-state index contributed by atoms with van der Waals surface area (Å²) in [4.78, 5) is 12.3. The summed E-state index contributed by atoms with van der Waals surface area (Å²) in [6, 6.07) is 14.7. The Labute approximate surface area is 185 Å². The van der Waals surface area contributed by atoms with E-state index in [1.807, 2.05) is 24.3 Å². The Kier molecular flexibility index (Phi) is 8.49. The van der Waals surface area contributed by atoms with Gasteiger partial charge in [-0.3, -0.25) is 4.79 Å². The van der Waals surface area contributed by atoms with Crippen molar-refractivity contribution in [2.75, 3.05) is 13.2 Å². The van der Waals surface area contributed by atoms with E-state index in [-0.39, 0.29) is 23.5 Å². The lowest BCUT2D eigenvalue weighted by Crippen LogP contribution is -2.32. The van der Waals surface area contributed by atoms with Gasteiger partial charge in [-0.25, -0.2) is 13.1 Å². The van der Waals surface area contributed by atoms with E-state index in [0.717, 1.165) is 44.1 Å². The summed E-state index contributed by atoms with van der Waals surface area (Å²) in [6.45, 7) is 2.57. The van der Waals surface area contributed by atoms with Gasteiger partial charge in [-0.2, -0.15) is 0 Å². The molecule has 2 aromatic rings. The first-order valence-electron chi connectivity index (χ1n) is 11.1. The monoisotopic (exact) mass is 444 g/mol. The minimum absolute atomic E-state index is 0.0306. The Bertz CT molecular complexity index is 935. The number of benzene rings is 2. The van der Waals surface area contributed by atoms with Gasteiger partial charge in [-0.05, 0) is 61.1 Å². The average Bonchev–Trinajstić information content (AvgIpc) is 3.26. The molecule has 2 N–H and O–H groups in total. The van der Waals surface area contributed by atoms with Crippen LogP contribution >= 0.6 is 0 Å². The fourth-order valence-electron chi connectivity index (χ4n) is 3.75. The average molecular weight is 445 g/mol. The van der Waals surface area contributed by atoms with Gasteiger partial charge in [-0.15, -0.1) is 0 Å². The molecule has 1 aliphatic rings. The van der Waals surface area contributed by atoms with Gasteiger partial charge in [0.25, 0.3) is 5.91 Å². The SMILES string of the molecule is CCCc1ccc(OCC(=O)NCCc2ccc(S(=O)(=O)NC3CCCC3)cc2)cc1. The normalized spacial score (nSPS) is 14.5. The molecule has 0 bridgehead atoms. The minimum atomic E-state index is -3.47. The molecule has 0 spiro atoms. The molecule has 2 aromatic carbocycles. The Morgan fingerprint density at radius 1 is 0.968 bits per heavy atom. The highest BCUT2D eigenvalue weighted by Crippen LogP contribution is 2.20. The topological polar surface area (TPSA) is 84.5 Å². The summed E-state index contributed by atoms with van der Waals surface area (Å²) >= 11 is 0. The highest BCUT2D eigenvalue weighted by Gasteiger charge is 2.22. The van der Waals surface area contributed by atoms with Crippen LogP contribution in [0.1, 0.15) is 50.2 Å². The number of hydrogen-bond donors (Lipinski definition) is 2. The van der Waals surface area contributed by atoms with E-state index in [0.29, 0.717) is 18.7 Å². The predicted octanol–water partition coefficient (Wildman–Crippen LogP) is 3.60. The number of amides is 1. The van der Waals surface area contributed by atoms with E-state index in [1.165, 1.54) is 5.56 Å². The van der Waals surface area contributed by atoms with Crippen molar-refractivity contribution in [3.8, 4) is 5.75 Å². The lowest BCUT2D eigenvalue weighted by Gasteiger charge is -2.13. The van der Waals surface area contributed by atoms with Crippen LogP contribution in [0.15, 0.2) is 53.4 Å². The quantitative estimate of drug-likeness (QED) is 0.555. The van der Waals surface area contributed by atoms with Crippen molar-refractivity contribution < 1.29 is 17.9 Å². The van der Waals surface area contributed by atoms with Crippen molar-refractivity contribution in [1.82, 2.24) is 10.0 Å². The third-order valence-corrected chi connectivity index (χ3v) is 7.01. The second kappa shape index (κ2) is 11.3. The van der Waals surface area contributed by atoms with Crippen LogP contribution in [0, 0.1) is 0 Å². The third kappa shape index (κ3) is 7.36. The van der Waals surface area contributed by atoms with Gasteiger partial charge in [0, 0.05) is 12.6 Å². The summed E-state index contributed by atoms with van der Waals surface area (Å²) in [7, 11) is -3.47. The van der Waals surface area contributed by atoms with E-state index in [2.05, 4.69) is 17.0 Å². The molecule has 31 heavy (non-hydrogen) atoms. The predicted molar refractivity (Wildman–Crippen MR) is 122 cm³/mol. The van der Waals surface area contributed by atoms with Crippen molar-refractivity contribution in [1.29, 1.82) is 0 Å². The van der Waals surface area contributed by atoms with Crippen LogP contribution in [0.3, 0.4) is 0 Å². The Morgan fingerprint density at radius 2 is 1.58 bits per heavy atom. The lowest BCUT2D eigenvalue weighted by molar-refractivity contribution is -0.123. The smallest absolute Gasteiger partial charge is 0.257 e. The molecule has 0 heterocycles. The lowest BCUT2D eigenvalue weighted by atomic mass is 10.1. The van der Waals surface area contributed by atoms with Crippen LogP contribution in [0.2, 0.25) is 0 Å². The van der Waals surface area contributed by atoms with Crippen molar-refractivity contribution in [3.05, 3.63) is 59.7 Å². The number of hydrogen-bond acceptors (Lipinski definition) is 4. The number of aryl methyl sites for hydroxylation is 1. The van der Waals surface area contributed by atoms with Crippen LogP contribution in [0.4, 0.5) is 0 Å². The first kappa shape index (κ1) is 23.3. The van der Waals surface area contributed by atoms with Crippen molar-refractivity contribution in [2.45, 2.75) is 62.8 Å². The summed E-state index contributed by atoms with van der Waals surface area (Å²) in [5.74, 6) is 0.496. The third-order valence-electron chi connectivity index (χ3n) is 5.48. The van der Waals surface area contributed by atoms with Gasteiger partial charge >= 0.3 is 0 Å². The Morgan fingerprint density at radius 3 is 2.23 bits per heavy atom. The van der Waals surface area contributed by atoms with Crippen molar-refractivity contribution >= 4 is 15.9 Å². The van der Waals surface area contributed by atoms with Gasteiger partial charge in [0.15, 0.2) is 6.61 Å². The summed E-state index contributed by atoms with van der Waals surface area (Å²) in [5, 5.41) is 2.83. The summed E-state index contributed by atoms with van der Waals surface area (Å²) in [5.41, 5.74) is 2.22. The molecule has 0 saturated heterocycles. The largest absolute Gasteiger partial charge is 0.484 e. The van der Waals surface area contributed by atoms with Crippen LogP contribution in [0.25, 0.3) is 0 Å². The van der Waals surface area contributed by atoms with E-state index in [9.17, 15) is 13.2 Å². The molecule has 0 atom stereocenters. The first-order valence-corrected chi connectivity index (χ1v) is 12.5.